The highest BCUT2D eigenvalue weighted by Crippen LogP contribution is 2.14. The molecule has 0 aromatic carbocycles. The van der Waals surface area contributed by atoms with E-state index >= 15 is 0 Å². The summed E-state index contributed by atoms with van der Waals surface area (Å²) in [7, 11) is -0.283. The Morgan fingerprint density at radius 1 is 1.56 bits per heavy atom. The number of fused-ring (bicyclic) bond motifs is 1. The minimum absolute atomic E-state index is 0.0309. The molecule has 6 nitrogen and oxygen atoms in total. The third-order valence-corrected chi connectivity index (χ3v) is 4.34. The minimum Gasteiger partial charge on any atom is -0.269 e. The van der Waals surface area contributed by atoms with Gasteiger partial charge >= 0.3 is 0 Å². The highest BCUT2D eigenvalue weighted by molar-refractivity contribution is 7.87. The average molecular weight is 244 g/mol. The van der Waals surface area contributed by atoms with Gasteiger partial charge in [-0.25, -0.2) is 0 Å². The van der Waals surface area contributed by atoms with Crippen LogP contribution in [0.5, 0.6) is 0 Å². The molecular formula is C9H16N4O2S. The summed E-state index contributed by atoms with van der Waals surface area (Å²) in [6.45, 7) is 0.767. The molecule has 1 aromatic heterocycles. The van der Waals surface area contributed by atoms with Gasteiger partial charge in [0.2, 0.25) is 0 Å². The minimum atomic E-state index is -3.33. The molecule has 0 fully saturated rings. The predicted molar refractivity (Wildman–Crippen MR) is 60.1 cm³/mol. The maximum Gasteiger partial charge on any atom is 0.279 e. The summed E-state index contributed by atoms with van der Waals surface area (Å²) >= 11 is 0. The molecule has 1 unspecified atom stereocenters. The van der Waals surface area contributed by atoms with Gasteiger partial charge in [-0.2, -0.15) is 22.5 Å². The summed E-state index contributed by atoms with van der Waals surface area (Å²) in [6, 6.07) is 1.90. The van der Waals surface area contributed by atoms with Crippen molar-refractivity contribution < 1.29 is 8.42 Å². The van der Waals surface area contributed by atoms with Gasteiger partial charge in [0, 0.05) is 45.0 Å². The van der Waals surface area contributed by atoms with Crippen LogP contribution in [0.15, 0.2) is 12.3 Å². The van der Waals surface area contributed by atoms with Crippen molar-refractivity contribution in [3.63, 3.8) is 0 Å². The number of aromatic nitrogens is 2. The molecule has 0 saturated heterocycles. The van der Waals surface area contributed by atoms with Gasteiger partial charge in [0.05, 0.1) is 0 Å². The van der Waals surface area contributed by atoms with Crippen molar-refractivity contribution in [2.24, 2.45) is 0 Å². The molecule has 1 aromatic rings. The number of nitrogens with zero attached hydrogens (tertiary/aromatic N) is 3. The SMILES string of the molecule is CN(C)S(=O)(=O)NC1CCn2nccc2C1. The van der Waals surface area contributed by atoms with E-state index < -0.39 is 10.2 Å². The van der Waals surface area contributed by atoms with Crippen molar-refractivity contribution in [2.45, 2.75) is 25.4 Å². The first-order valence-corrected chi connectivity index (χ1v) is 6.63. The van der Waals surface area contributed by atoms with Gasteiger partial charge in [-0.05, 0) is 12.5 Å². The summed E-state index contributed by atoms with van der Waals surface area (Å²) < 4.78 is 29.1. The molecule has 0 bridgehead atoms. The second-order valence-corrected chi connectivity index (χ2v) is 6.06. The van der Waals surface area contributed by atoms with Crippen LogP contribution in [0, 0.1) is 0 Å². The third-order valence-electron chi connectivity index (χ3n) is 2.75. The first kappa shape index (κ1) is 11.6. The van der Waals surface area contributed by atoms with Gasteiger partial charge in [0.25, 0.3) is 10.2 Å². The zero-order valence-electron chi connectivity index (χ0n) is 9.42. The smallest absolute Gasteiger partial charge is 0.269 e. The number of nitrogens with one attached hydrogen (secondary N) is 1. The normalized spacial score (nSPS) is 21.1. The standard InChI is InChI=1S/C9H16N4O2S/c1-12(2)16(14,15)11-8-4-6-13-9(7-8)3-5-10-13/h3,5,8,11H,4,6-7H2,1-2H3. The second-order valence-electron chi connectivity index (χ2n) is 4.14. The molecule has 7 heteroatoms. The number of rotatable bonds is 3. The lowest BCUT2D eigenvalue weighted by Gasteiger charge is -2.25. The lowest BCUT2D eigenvalue weighted by molar-refractivity contribution is 0.403. The van der Waals surface area contributed by atoms with Gasteiger partial charge < -0.3 is 0 Å². The number of hydrogen-bond donors (Lipinski definition) is 1. The number of aryl methyl sites for hydroxylation is 1. The Kier molecular flexibility index (Phi) is 3.00. The van der Waals surface area contributed by atoms with Gasteiger partial charge in [-0.1, -0.05) is 0 Å². The summed E-state index contributed by atoms with van der Waals surface area (Å²) in [6.07, 6.45) is 3.23. The Balaban J connectivity index is 2.05. The first-order chi connectivity index (χ1) is 7.49. The van der Waals surface area contributed by atoms with Crippen LogP contribution in [0.4, 0.5) is 0 Å². The van der Waals surface area contributed by atoms with E-state index in [9.17, 15) is 8.42 Å². The van der Waals surface area contributed by atoms with Crippen molar-refractivity contribution in [3.05, 3.63) is 18.0 Å². The summed E-state index contributed by atoms with van der Waals surface area (Å²) in [5.74, 6) is 0. The van der Waals surface area contributed by atoms with Crippen LogP contribution in [-0.2, 0) is 23.2 Å². The molecule has 1 aliphatic rings. The van der Waals surface area contributed by atoms with Crippen molar-refractivity contribution in [1.29, 1.82) is 0 Å². The molecule has 0 radical (unpaired) electrons. The lowest BCUT2D eigenvalue weighted by atomic mass is 10.1. The van der Waals surface area contributed by atoms with E-state index in [2.05, 4.69) is 9.82 Å². The fourth-order valence-electron chi connectivity index (χ4n) is 1.78. The van der Waals surface area contributed by atoms with Crippen molar-refractivity contribution in [3.8, 4) is 0 Å². The van der Waals surface area contributed by atoms with E-state index in [1.807, 2.05) is 10.7 Å². The zero-order chi connectivity index (χ0) is 11.8. The molecule has 0 amide bonds. The lowest BCUT2D eigenvalue weighted by Crippen LogP contribution is -2.45. The molecule has 0 aliphatic carbocycles. The molecule has 1 aliphatic heterocycles. The van der Waals surface area contributed by atoms with Gasteiger partial charge in [0.15, 0.2) is 0 Å². The van der Waals surface area contributed by atoms with Gasteiger partial charge in [-0.3, -0.25) is 4.68 Å². The van der Waals surface area contributed by atoms with E-state index in [4.69, 9.17) is 0 Å². The molecule has 16 heavy (non-hydrogen) atoms. The van der Waals surface area contributed by atoms with Crippen LogP contribution < -0.4 is 4.72 Å². The molecule has 90 valence electrons. The van der Waals surface area contributed by atoms with Crippen molar-refractivity contribution >= 4 is 10.2 Å². The van der Waals surface area contributed by atoms with Crippen molar-refractivity contribution in [2.75, 3.05) is 14.1 Å². The van der Waals surface area contributed by atoms with E-state index in [-0.39, 0.29) is 6.04 Å². The largest absolute Gasteiger partial charge is 0.279 e. The quantitative estimate of drug-likeness (QED) is 0.786. The van der Waals surface area contributed by atoms with E-state index in [1.165, 1.54) is 18.4 Å². The Morgan fingerprint density at radius 2 is 2.31 bits per heavy atom. The second kappa shape index (κ2) is 4.15. The molecule has 2 rings (SSSR count). The van der Waals surface area contributed by atoms with Crippen LogP contribution in [-0.4, -0.2) is 42.6 Å². The van der Waals surface area contributed by atoms with E-state index in [0.717, 1.165) is 18.7 Å². The zero-order valence-corrected chi connectivity index (χ0v) is 10.2. The maximum atomic E-state index is 11.6. The van der Waals surface area contributed by atoms with Gasteiger partial charge in [0.1, 0.15) is 0 Å². The van der Waals surface area contributed by atoms with E-state index in [0.29, 0.717) is 6.42 Å². The fraction of sp³-hybridized carbons (Fsp3) is 0.667. The summed E-state index contributed by atoms with van der Waals surface area (Å²) in [4.78, 5) is 0. The van der Waals surface area contributed by atoms with Crippen LogP contribution in [0.2, 0.25) is 0 Å². The number of hydrogen-bond acceptors (Lipinski definition) is 3. The topological polar surface area (TPSA) is 67.2 Å². The van der Waals surface area contributed by atoms with Crippen LogP contribution in [0.1, 0.15) is 12.1 Å². The molecule has 0 saturated carbocycles. The average Bonchev–Trinajstić information content (AvgIpc) is 2.63. The Labute approximate surface area is 95.4 Å². The monoisotopic (exact) mass is 244 g/mol. The molecular weight excluding hydrogens is 228 g/mol. The van der Waals surface area contributed by atoms with Crippen molar-refractivity contribution in [1.82, 2.24) is 18.8 Å². The van der Waals surface area contributed by atoms with E-state index in [1.54, 1.807) is 6.20 Å². The van der Waals surface area contributed by atoms with Crippen LogP contribution in [0.25, 0.3) is 0 Å². The summed E-state index contributed by atoms with van der Waals surface area (Å²) in [5, 5.41) is 4.15. The first-order valence-electron chi connectivity index (χ1n) is 5.19. The van der Waals surface area contributed by atoms with Crippen LogP contribution in [0.3, 0.4) is 0 Å². The molecule has 0 spiro atoms. The Bertz CT molecular complexity index is 466. The maximum absolute atomic E-state index is 11.6. The summed E-state index contributed by atoms with van der Waals surface area (Å²) in [5.41, 5.74) is 1.08. The highest BCUT2D eigenvalue weighted by Gasteiger charge is 2.24. The Hall–Kier alpha value is -0.920. The Morgan fingerprint density at radius 3 is 3.00 bits per heavy atom. The molecule has 2 heterocycles. The highest BCUT2D eigenvalue weighted by atomic mass is 32.2. The molecule has 1 N–H and O–H groups in total. The van der Waals surface area contributed by atoms with Crippen LogP contribution >= 0.6 is 0 Å². The predicted octanol–water partition coefficient (Wildman–Crippen LogP) is -0.406. The van der Waals surface area contributed by atoms with Gasteiger partial charge in [-0.15, -0.1) is 0 Å². The third kappa shape index (κ3) is 2.26. The molecule has 1 atom stereocenters. The fourth-order valence-corrected chi connectivity index (χ4v) is 2.62.